The van der Waals surface area contributed by atoms with Crippen molar-refractivity contribution in [2.75, 3.05) is 6.54 Å². The van der Waals surface area contributed by atoms with E-state index in [1.54, 1.807) is 0 Å². The fourth-order valence-corrected chi connectivity index (χ4v) is 1.70. The maximum atomic E-state index is 11.6. The summed E-state index contributed by atoms with van der Waals surface area (Å²) in [5.74, 6) is 1.13. The predicted octanol–water partition coefficient (Wildman–Crippen LogP) is 3.05. The first-order chi connectivity index (χ1) is 6.84. The molecule has 0 spiro atoms. The lowest BCUT2D eigenvalue weighted by Crippen LogP contribution is -2.35. The number of carbonyl (C=O) groups excluding carboxylic acids is 1. The molecule has 2 unspecified atom stereocenters. The molecule has 0 saturated heterocycles. The fraction of sp³-hybridized carbons (Fsp3) is 0.917. The Morgan fingerprint density at radius 1 is 1.20 bits per heavy atom. The molecule has 0 heterocycles. The van der Waals surface area contributed by atoms with Gasteiger partial charge in [-0.1, -0.05) is 34.6 Å². The topological polar surface area (TPSA) is 29.1 Å². The Morgan fingerprint density at radius 2 is 1.73 bits per heavy atom. The summed E-state index contributed by atoms with van der Waals surface area (Å²) < 4.78 is 0. The van der Waals surface area contributed by atoms with Crippen molar-refractivity contribution in [2.45, 2.75) is 46.4 Å². The molecular formula is C12H24ClNO. The van der Waals surface area contributed by atoms with Gasteiger partial charge in [0.15, 0.2) is 0 Å². The third-order valence-corrected chi connectivity index (χ3v) is 2.97. The van der Waals surface area contributed by atoms with Crippen molar-refractivity contribution >= 4 is 17.5 Å². The zero-order valence-electron chi connectivity index (χ0n) is 10.5. The highest BCUT2D eigenvalue weighted by Crippen LogP contribution is 2.12. The van der Waals surface area contributed by atoms with Gasteiger partial charge in [0.1, 0.15) is 0 Å². The Labute approximate surface area is 98.8 Å². The van der Waals surface area contributed by atoms with E-state index in [1.165, 1.54) is 0 Å². The van der Waals surface area contributed by atoms with E-state index < -0.39 is 0 Å². The lowest BCUT2D eigenvalue weighted by molar-refractivity contribution is -0.125. The molecule has 0 bridgehead atoms. The highest BCUT2D eigenvalue weighted by molar-refractivity contribution is 6.20. The number of hydrogen-bond donors (Lipinski definition) is 1. The molecule has 1 N–H and O–H groups in total. The third-order valence-electron chi connectivity index (χ3n) is 2.64. The van der Waals surface area contributed by atoms with Crippen LogP contribution in [0.3, 0.4) is 0 Å². The Balaban J connectivity index is 3.80. The van der Waals surface area contributed by atoms with Gasteiger partial charge in [-0.3, -0.25) is 4.79 Å². The summed E-state index contributed by atoms with van der Waals surface area (Å²) in [6.45, 7) is 10.9. The maximum absolute atomic E-state index is 11.6. The van der Waals surface area contributed by atoms with Crippen LogP contribution in [-0.4, -0.2) is 17.8 Å². The third kappa shape index (κ3) is 6.77. The first-order valence-electron chi connectivity index (χ1n) is 5.76. The lowest BCUT2D eigenvalue weighted by atomic mass is 9.97. The summed E-state index contributed by atoms with van der Waals surface area (Å²) in [5, 5.41) is 2.95. The number of carbonyl (C=O) groups is 1. The second-order valence-corrected chi connectivity index (χ2v) is 5.62. The van der Waals surface area contributed by atoms with Gasteiger partial charge in [-0.25, -0.2) is 0 Å². The number of nitrogens with one attached hydrogen (secondary N) is 1. The second kappa shape index (κ2) is 7.10. The van der Waals surface area contributed by atoms with Gasteiger partial charge in [0.05, 0.1) is 5.38 Å². The van der Waals surface area contributed by atoms with E-state index in [2.05, 4.69) is 33.0 Å². The Kier molecular flexibility index (Phi) is 6.99. The molecule has 3 heteroatoms. The summed E-state index contributed by atoms with van der Waals surface area (Å²) >= 11 is 6.09. The minimum atomic E-state index is 0.0494. The van der Waals surface area contributed by atoms with E-state index in [4.69, 9.17) is 11.6 Å². The van der Waals surface area contributed by atoms with E-state index in [0.717, 1.165) is 6.42 Å². The van der Waals surface area contributed by atoms with Crippen LogP contribution in [0.1, 0.15) is 41.0 Å². The van der Waals surface area contributed by atoms with Crippen molar-refractivity contribution in [3.63, 3.8) is 0 Å². The Morgan fingerprint density at radius 3 is 2.13 bits per heavy atom. The van der Waals surface area contributed by atoms with E-state index in [1.807, 2.05) is 6.92 Å². The number of halogens is 1. The van der Waals surface area contributed by atoms with Crippen LogP contribution in [0.25, 0.3) is 0 Å². The van der Waals surface area contributed by atoms with Crippen LogP contribution in [0.2, 0.25) is 0 Å². The summed E-state index contributed by atoms with van der Waals surface area (Å²) in [7, 11) is 0. The molecule has 0 saturated carbocycles. The molecule has 0 radical (unpaired) electrons. The number of rotatable bonds is 6. The molecule has 0 aromatic carbocycles. The monoisotopic (exact) mass is 233 g/mol. The van der Waals surface area contributed by atoms with Gasteiger partial charge in [0, 0.05) is 12.5 Å². The van der Waals surface area contributed by atoms with Gasteiger partial charge in [-0.05, 0) is 18.3 Å². The van der Waals surface area contributed by atoms with E-state index in [0.29, 0.717) is 18.4 Å². The van der Waals surface area contributed by atoms with Crippen molar-refractivity contribution in [2.24, 2.45) is 17.8 Å². The van der Waals surface area contributed by atoms with Gasteiger partial charge in [-0.2, -0.15) is 0 Å². The first-order valence-corrected chi connectivity index (χ1v) is 6.20. The SMILES string of the molecule is CC(C)CC(Cl)CNC(=O)C(C)C(C)C. The van der Waals surface area contributed by atoms with E-state index in [9.17, 15) is 4.79 Å². The van der Waals surface area contributed by atoms with Crippen LogP contribution in [0.15, 0.2) is 0 Å². The zero-order chi connectivity index (χ0) is 12.0. The molecule has 0 aliphatic rings. The Bertz CT molecular complexity index is 192. The van der Waals surface area contributed by atoms with Gasteiger partial charge >= 0.3 is 0 Å². The lowest BCUT2D eigenvalue weighted by Gasteiger charge is -2.17. The minimum Gasteiger partial charge on any atom is -0.354 e. The van der Waals surface area contributed by atoms with Crippen LogP contribution >= 0.6 is 11.6 Å². The summed E-state index contributed by atoms with van der Waals surface area (Å²) in [6.07, 6.45) is 0.942. The van der Waals surface area contributed by atoms with Gasteiger partial charge in [0.25, 0.3) is 0 Å². The average molecular weight is 234 g/mol. The highest BCUT2D eigenvalue weighted by Gasteiger charge is 2.17. The van der Waals surface area contributed by atoms with Crippen LogP contribution in [0.4, 0.5) is 0 Å². The van der Waals surface area contributed by atoms with Crippen molar-refractivity contribution in [1.82, 2.24) is 5.32 Å². The molecular weight excluding hydrogens is 210 g/mol. The average Bonchev–Trinajstić information content (AvgIpc) is 2.11. The molecule has 0 aliphatic heterocycles. The maximum Gasteiger partial charge on any atom is 0.223 e. The van der Waals surface area contributed by atoms with Crippen LogP contribution in [0, 0.1) is 17.8 Å². The highest BCUT2D eigenvalue weighted by atomic mass is 35.5. The van der Waals surface area contributed by atoms with E-state index in [-0.39, 0.29) is 17.2 Å². The van der Waals surface area contributed by atoms with Crippen molar-refractivity contribution in [3.05, 3.63) is 0 Å². The number of amides is 1. The van der Waals surface area contributed by atoms with Crippen molar-refractivity contribution in [3.8, 4) is 0 Å². The quantitative estimate of drug-likeness (QED) is 0.702. The Hall–Kier alpha value is -0.240. The second-order valence-electron chi connectivity index (χ2n) is 5.00. The molecule has 2 nitrogen and oxygen atoms in total. The zero-order valence-corrected chi connectivity index (χ0v) is 11.3. The fourth-order valence-electron chi connectivity index (χ4n) is 1.27. The van der Waals surface area contributed by atoms with Gasteiger partial charge < -0.3 is 5.32 Å². The summed E-state index contributed by atoms with van der Waals surface area (Å²) in [5.41, 5.74) is 0. The van der Waals surface area contributed by atoms with Crippen LogP contribution in [0.5, 0.6) is 0 Å². The van der Waals surface area contributed by atoms with Gasteiger partial charge in [0.2, 0.25) is 5.91 Å². The minimum absolute atomic E-state index is 0.0494. The molecule has 0 aromatic rings. The smallest absolute Gasteiger partial charge is 0.223 e. The molecule has 0 fully saturated rings. The molecule has 0 aromatic heterocycles. The normalized spacial score (nSPS) is 15.5. The molecule has 1 amide bonds. The summed E-state index contributed by atoms with van der Waals surface area (Å²) in [4.78, 5) is 11.6. The summed E-state index contributed by atoms with van der Waals surface area (Å²) in [6, 6.07) is 0. The molecule has 15 heavy (non-hydrogen) atoms. The van der Waals surface area contributed by atoms with E-state index >= 15 is 0 Å². The van der Waals surface area contributed by atoms with Crippen LogP contribution < -0.4 is 5.32 Å². The molecule has 2 atom stereocenters. The number of hydrogen-bond acceptors (Lipinski definition) is 1. The molecule has 90 valence electrons. The predicted molar refractivity (Wildman–Crippen MR) is 66.1 cm³/mol. The number of alkyl halides is 1. The van der Waals surface area contributed by atoms with Gasteiger partial charge in [-0.15, -0.1) is 11.6 Å². The van der Waals surface area contributed by atoms with Crippen molar-refractivity contribution in [1.29, 1.82) is 0 Å². The molecule has 0 aliphatic carbocycles. The molecule has 0 rings (SSSR count). The van der Waals surface area contributed by atoms with Crippen molar-refractivity contribution < 1.29 is 4.79 Å². The largest absolute Gasteiger partial charge is 0.354 e. The van der Waals surface area contributed by atoms with Crippen LogP contribution in [-0.2, 0) is 4.79 Å². The first kappa shape index (κ1) is 14.8. The standard InChI is InChI=1S/C12H24ClNO/c1-8(2)6-11(13)7-14-12(15)10(5)9(3)4/h8-11H,6-7H2,1-5H3,(H,14,15).